The molecule has 0 unspecified atom stereocenters. The molecule has 9 heteroatoms. The first-order valence-corrected chi connectivity index (χ1v) is 10.9. The molecule has 1 aliphatic carbocycles. The molecule has 28 heavy (non-hydrogen) atoms. The topological polar surface area (TPSA) is 79.2 Å². The summed E-state index contributed by atoms with van der Waals surface area (Å²) in [5, 5.41) is 0. The lowest BCUT2D eigenvalue weighted by Gasteiger charge is -2.33. The largest absolute Gasteiger partial charge is 0.315 e. The Morgan fingerprint density at radius 3 is 2.14 bits per heavy atom. The number of sulfonamides is 1. The van der Waals surface area contributed by atoms with Gasteiger partial charge in [0, 0.05) is 0 Å². The molecule has 0 spiro atoms. The van der Waals surface area contributed by atoms with Gasteiger partial charge in [0.1, 0.15) is 10.7 Å². The lowest BCUT2D eigenvalue weighted by Crippen LogP contribution is -3.16. The molecule has 2 atom stereocenters. The van der Waals surface area contributed by atoms with Crippen molar-refractivity contribution in [3.05, 3.63) is 42.2 Å². The average Bonchev–Trinajstić information content (AvgIpc) is 2.94. The van der Waals surface area contributed by atoms with E-state index in [1.807, 2.05) is 12.2 Å². The first-order chi connectivity index (χ1) is 13.4. The predicted molar refractivity (Wildman–Crippen MR) is 97.9 cm³/mol. The van der Waals surface area contributed by atoms with Gasteiger partial charge in [0.15, 0.2) is 6.67 Å². The van der Waals surface area contributed by atoms with Crippen LogP contribution in [0.4, 0.5) is 4.39 Å². The van der Waals surface area contributed by atoms with E-state index in [0.29, 0.717) is 25.9 Å². The fraction of sp³-hybridized carbons (Fsp3) is 0.474. The molecule has 3 aliphatic rings. The highest BCUT2D eigenvalue weighted by Gasteiger charge is 2.48. The van der Waals surface area contributed by atoms with Crippen LogP contribution < -0.4 is 4.90 Å². The van der Waals surface area contributed by atoms with Crippen molar-refractivity contribution in [1.82, 2.24) is 9.21 Å². The molecular formula is C19H23FN3O4S+. The molecule has 0 radical (unpaired) electrons. The highest BCUT2D eigenvalue weighted by Crippen LogP contribution is 2.34. The number of benzene rings is 1. The molecule has 1 N–H and O–H groups in total. The summed E-state index contributed by atoms with van der Waals surface area (Å²) in [6.45, 7) is 1.61. The number of fused-ring (bicyclic) bond motifs is 1. The number of carbonyl (C=O) groups excluding carboxylic acids is 2. The molecule has 2 heterocycles. The Labute approximate surface area is 163 Å². The van der Waals surface area contributed by atoms with Crippen molar-refractivity contribution in [1.29, 1.82) is 0 Å². The van der Waals surface area contributed by atoms with Crippen molar-refractivity contribution < 1.29 is 27.3 Å². The zero-order valence-corrected chi connectivity index (χ0v) is 16.2. The second-order valence-corrected chi connectivity index (χ2v) is 9.41. The molecule has 4 rings (SSSR count). The number of quaternary nitrogens is 1. The van der Waals surface area contributed by atoms with Crippen molar-refractivity contribution >= 4 is 21.8 Å². The molecule has 2 amide bonds. The van der Waals surface area contributed by atoms with Crippen LogP contribution in [-0.2, 0) is 19.6 Å². The van der Waals surface area contributed by atoms with Gasteiger partial charge in [0.05, 0.1) is 38.0 Å². The Bertz CT molecular complexity index is 899. The summed E-state index contributed by atoms with van der Waals surface area (Å²) in [7, 11) is -3.89. The minimum absolute atomic E-state index is 0.117. The smallest absolute Gasteiger partial charge is 0.246 e. The van der Waals surface area contributed by atoms with Gasteiger partial charge in [-0.2, -0.15) is 4.31 Å². The summed E-state index contributed by atoms with van der Waals surface area (Å²) < 4.78 is 40.6. The second-order valence-electron chi connectivity index (χ2n) is 7.50. The Balaban J connectivity index is 1.39. The maximum Gasteiger partial charge on any atom is 0.246 e. The minimum Gasteiger partial charge on any atom is -0.315 e. The minimum atomic E-state index is -3.89. The number of amides is 2. The second kappa shape index (κ2) is 7.38. The quantitative estimate of drug-likeness (QED) is 0.544. The molecule has 150 valence electrons. The fourth-order valence-electron chi connectivity index (χ4n) is 4.24. The molecule has 0 aromatic heterocycles. The van der Waals surface area contributed by atoms with E-state index in [1.165, 1.54) is 27.4 Å². The van der Waals surface area contributed by atoms with E-state index < -0.39 is 15.8 Å². The Morgan fingerprint density at radius 1 is 1.00 bits per heavy atom. The average molecular weight is 408 g/mol. The Hall–Kier alpha value is -2.10. The predicted octanol–water partition coefficient (Wildman–Crippen LogP) is -0.376. The number of nitrogens with zero attached hydrogens (tertiary/aromatic N) is 2. The number of nitrogens with one attached hydrogen (secondary N) is 1. The third kappa shape index (κ3) is 3.27. The number of hydrogen-bond acceptors (Lipinski definition) is 4. The van der Waals surface area contributed by atoms with E-state index in [0.717, 1.165) is 11.0 Å². The number of hydrogen-bond donors (Lipinski definition) is 1. The molecule has 2 saturated heterocycles. The van der Waals surface area contributed by atoms with Crippen LogP contribution in [0.3, 0.4) is 0 Å². The zero-order chi connectivity index (χ0) is 19.9. The monoisotopic (exact) mass is 408 g/mol. The molecule has 2 aliphatic heterocycles. The number of likely N-dealkylation sites (tertiary alicyclic amines) is 1. The summed E-state index contributed by atoms with van der Waals surface area (Å²) in [5.41, 5.74) is 0. The fourth-order valence-corrected chi connectivity index (χ4v) is 5.75. The molecule has 1 aromatic carbocycles. The Morgan fingerprint density at radius 2 is 1.57 bits per heavy atom. The van der Waals surface area contributed by atoms with Crippen LogP contribution in [0.5, 0.6) is 0 Å². The van der Waals surface area contributed by atoms with Crippen molar-refractivity contribution in [2.75, 3.05) is 32.8 Å². The normalized spacial score (nSPS) is 26.7. The van der Waals surface area contributed by atoms with Crippen molar-refractivity contribution in [2.24, 2.45) is 11.8 Å². The van der Waals surface area contributed by atoms with Crippen molar-refractivity contribution in [2.45, 2.75) is 17.7 Å². The number of rotatable bonds is 4. The maximum atomic E-state index is 13.9. The number of imide groups is 1. The van der Waals surface area contributed by atoms with Crippen LogP contribution >= 0.6 is 0 Å². The van der Waals surface area contributed by atoms with Gasteiger partial charge in [0.25, 0.3) is 0 Å². The molecule has 2 fully saturated rings. The molecule has 1 aromatic rings. The Kier molecular flexibility index (Phi) is 5.07. The third-order valence-electron chi connectivity index (χ3n) is 5.86. The van der Waals surface area contributed by atoms with E-state index in [2.05, 4.69) is 0 Å². The SMILES string of the molecule is O=C1[C@H]2CC=CC[C@@H]2C(=O)N1C[NH+]1CCN(S(=O)(=O)c2ccccc2F)CC1. The lowest BCUT2D eigenvalue weighted by atomic mass is 9.85. The van der Waals surface area contributed by atoms with Gasteiger partial charge >= 0.3 is 0 Å². The van der Waals surface area contributed by atoms with Gasteiger partial charge in [-0.05, 0) is 25.0 Å². The van der Waals surface area contributed by atoms with Crippen LogP contribution in [-0.4, -0.2) is 62.3 Å². The van der Waals surface area contributed by atoms with Crippen LogP contribution in [0.15, 0.2) is 41.3 Å². The van der Waals surface area contributed by atoms with Crippen LogP contribution in [0.25, 0.3) is 0 Å². The highest BCUT2D eigenvalue weighted by atomic mass is 32.2. The maximum absolute atomic E-state index is 13.9. The summed E-state index contributed by atoms with van der Waals surface area (Å²) in [6.07, 6.45) is 5.12. The number of halogens is 1. The van der Waals surface area contributed by atoms with Crippen molar-refractivity contribution in [3.8, 4) is 0 Å². The molecular weight excluding hydrogens is 385 g/mol. The van der Waals surface area contributed by atoms with Gasteiger partial charge in [-0.15, -0.1) is 0 Å². The summed E-state index contributed by atoms with van der Waals surface area (Å²) in [5.74, 6) is -1.50. The van der Waals surface area contributed by atoms with E-state index >= 15 is 0 Å². The van der Waals surface area contributed by atoms with E-state index in [4.69, 9.17) is 0 Å². The lowest BCUT2D eigenvalue weighted by molar-refractivity contribution is -0.910. The molecule has 7 nitrogen and oxygen atoms in total. The van der Waals surface area contributed by atoms with E-state index in [9.17, 15) is 22.4 Å². The third-order valence-corrected chi connectivity index (χ3v) is 7.80. The summed E-state index contributed by atoms with van der Waals surface area (Å²) in [6, 6.07) is 5.35. The van der Waals surface area contributed by atoms with Crippen LogP contribution in [0, 0.1) is 17.7 Å². The number of piperazine rings is 1. The number of allylic oxidation sites excluding steroid dienone is 2. The standard InChI is InChI=1S/C19H22FN3O4S/c20-16-7-3-4-8-17(16)28(26,27)22-11-9-21(10-12-22)13-23-18(24)14-5-1-2-6-15(14)19(23)25/h1-4,7-8,14-15H,5-6,9-13H2/p+1/t14-,15-/m0/s1. The van der Waals surface area contributed by atoms with Crippen LogP contribution in [0.2, 0.25) is 0 Å². The van der Waals surface area contributed by atoms with Gasteiger partial charge in [-0.25, -0.2) is 17.7 Å². The number of carbonyl (C=O) groups is 2. The van der Waals surface area contributed by atoms with E-state index in [-0.39, 0.29) is 48.3 Å². The van der Waals surface area contributed by atoms with Gasteiger partial charge in [0.2, 0.25) is 21.8 Å². The van der Waals surface area contributed by atoms with Gasteiger partial charge in [-0.1, -0.05) is 24.3 Å². The first kappa shape index (κ1) is 19.2. The van der Waals surface area contributed by atoms with E-state index in [1.54, 1.807) is 0 Å². The van der Waals surface area contributed by atoms with Crippen molar-refractivity contribution in [3.63, 3.8) is 0 Å². The first-order valence-electron chi connectivity index (χ1n) is 9.48. The van der Waals surface area contributed by atoms with Gasteiger partial charge in [-0.3, -0.25) is 9.59 Å². The van der Waals surface area contributed by atoms with Gasteiger partial charge < -0.3 is 4.90 Å². The summed E-state index contributed by atoms with van der Waals surface area (Å²) in [4.78, 5) is 27.2. The summed E-state index contributed by atoms with van der Waals surface area (Å²) >= 11 is 0. The molecule has 0 bridgehead atoms. The zero-order valence-electron chi connectivity index (χ0n) is 15.4. The van der Waals surface area contributed by atoms with Crippen LogP contribution in [0.1, 0.15) is 12.8 Å². The molecule has 0 saturated carbocycles. The highest BCUT2D eigenvalue weighted by molar-refractivity contribution is 7.89.